The Morgan fingerprint density at radius 3 is 2.47 bits per heavy atom. The van der Waals surface area contributed by atoms with Crippen LogP contribution in [0.3, 0.4) is 0 Å². The van der Waals surface area contributed by atoms with Crippen LogP contribution in [-0.2, 0) is 14.3 Å². The monoisotopic (exact) mass is 539 g/mol. The number of methoxy groups -OCH3 is 3. The Morgan fingerprint density at radius 1 is 1.13 bits per heavy atom. The Balaban J connectivity index is 1.72. The molecule has 9 nitrogen and oxygen atoms in total. The van der Waals surface area contributed by atoms with Crippen LogP contribution in [0.15, 0.2) is 52.9 Å². The van der Waals surface area contributed by atoms with E-state index in [1.807, 2.05) is 0 Å². The number of carbonyl (C=O) groups is 3. The third-order valence-corrected chi connectivity index (χ3v) is 7.82. The van der Waals surface area contributed by atoms with Crippen molar-refractivity contribution in [2.75, 3.05) is 21.3 Å². The van der Waals surface area contributed by atoms with Crippen LogP contribution >= 0.6 is 11.6 Å². The van der Waals surface area contributed by atoms with Crippen LogP contribution in [0, 0.1) is 5.92 Å². The molecule has 3 atom stereocenters. The van der Waals surface area contributed by atoms with Crippen LogP contribution in [0.2, 0.25) is 5.02 Å². The van der Waals surface area contributed by atoms with E-state index >= 15 is 0 Å². The minimum atomic E-state index is -1.95. The van der Waals surface area contributed by atoms with Gasteiger partial charge in [-0.1, -0.05) is 30.7 Å². The van der Waals surface area contributed by atoms with Crippen molar-refractivity contribution in [1.29, 1.82) is 0 Å². The van der Waals surface area contributed by atoms with Gasteiger partial charge in [-0.05, 0) is 31.0 Å². The number of aromatic hydroxyl groups is 1. The zero-order valence-corrected chi connectivity index (χ0v) is 22.2. The molecule has 2 aromatic carbocycles. The van der Waals surface area contributed by atoms with Gasteiger partial charge in [-0.15, -0.1) is 0 Å². The lowest BCUT2D eigenvalue weighted by Crippen LogP contribution is -2.58. The highest BCUT2D eigenvalue weighted by molar-refractivity contribution is 6.36. The number of phenols is 1. The maximum atomic E-state index is 14.6. The van der Waals surface area contributed by atoms with Crippen LogP contribution in [0.4, 0.5) is 0 Å². The Labute approximate surface area is 224 Å². The maximum absolute atomic E-state index is 14.6. The molecule has 2 N–H and O–H groups in total. The molecule has 5 rings (SSSR count). The smallest absolute Gasteiger partial charge is 0.336 e. The average molecular weight is 540 g/mol. The molecule has 0 saturated carbocycles. The highest BCUT2D eigenvalue weighted by Crippen LogP contribution is 2.56. The van der Waals surface area contributed by atoms with Gasteiger partial charge in [-0.25, -0.2) is 4.79 Å². The molecular weight excluding hydrogens is 514 g/mol. The number of rotatable bonds is 4. The quantitative estimate of drug-likeness (QED) is 0.437. The van der Waals surface area contributed by atoms with Crippen molar-refractivity contribution in [3.05, 3.63) is 69.0 Å². The van der Waals surface area contributed by atoms with Crippen LogP contribution in [-0.4, -0.2) is 49.6 Å². The number of benzene rings is 2. The fraction of sp³-hybridized carbons (Fsp3) is 0.321. The van der Waals surface area contributed by atoms with Gasteiger partial charge >= 0.3 is 5.97 Å². The molecule has 1 unspecified atom stereocenters. The molecule has 0 saturated heterocycles. The Kier molecular flexibility index (Phi) is 6.14. The molecule has 3 aliphatic rings. The van der Waals surface area contributed by atoms with E-state index in [0.29, 0.717) is 17.0 Å². The lowest BCUT2D eigenvalue weighted by Gasteiger charge is -2.42. The van der Waals surface area contributed by atoms with Gasteiger partial charge in [0.1, 0.15) is 27.8 Å². The van der Waals surface area contributed by atoms with E-state index in [4.69, 9.17) is 30.5 Å². The SMILES string of the molecule is COC(=O)C1=C(C)NC2=C(C(=O)[C@@]3(Oc4c(Cl)c(OC)cc(OC)c4C3=O)[C@H](C)C2)C1c1cccc(O)c1. The summed E-state index contributed by atoms with van der Waals surface area (Å²) in [6.07, 6.45) is 0.263. The van der Waals surface area contributed by atoms with Crippen LogP contribution in [0.5, 0.6) is 23.0 Å². The number of ketones is 2. The first kappa shape index (κ1) is 25.7. The van der Waals surface area contributed by atoms with Gasteiger partial charge in [0.05, 0.1) is 26.9 Å². The summed E-state index contributed by atoms with van der Waals surface area (Å²) in [4.78, 5) is 41.7. The third kappa shape index (κ3) is 3.41. The van der Waals surface area contributed by atoms with E-state index in [1.54, 1.807) is 26.0 Å². The Morgan fingerprint density at radius 2 is 1.84 bits per heavy atom. The zero-order chi connectivity index (χ0) is 27.5. The predicted molar refractivity (Wildman–Crippen MR) is 137 cm³/mol. The van der Waals surface area contributed by atoms with Gasteiger partial charge in [0, 0.05) is 34.9 Å². The summed E-state index contributed by atoms with van der Waals surface area (Å²) in [5.74, 6) is -3.01. The van der Waals surface area contributed by atoms with E-state index in [9.17, 15) is 19.5 Å². The molecule has 38 heavy (non-hydrogen) atoms. The predicted octanol–water partition coefficient (Wildman–Crippen LogP) is 4.07. The molecule has 2 heterocycles. The van der Waals surface area contributed by atoms with Crippen molar-refractivity contribution < 1.29 is 38.4 Å². The minimum absolute atomic E-state index is 0.00899. The summed E-state index contributed by atoms with van der Waals surface area (Å²) in [6.45, 7) is 3.47. The number of hydrogen-bond donors (Lipinski definition) is 2. The van der Waals surface area contributed by atoms with Crippen molar-refractivity contribution >= 4 is 29.1 Å². The summed E-state index contributed by atoms with van der Waals surface area (Å²) in [5.41, 5.74) is 0.0365. The highest BCUT2D eigenvalue weighted by atomic mass is 35.5. The summed E-state index contributed by atoms with van der Waals surface area (Å²) < 4.78 is 22.1. The van der Waals surface area contributed by atoms with Gasteiger partial charge in [-0.2, -0.15) is 0 Å². The number of allylic oxidation sites excluding steroid dienone is 2. The zero-order valence-electron chi connectivity index (χ0n) is 21.4. The standard InChI is InChI=1S/C28H26ClNO8/c1-12-9-16-21(20(14-7-6-8-15(31)10-14)19(13(2)30-16)27(34)37-5)25(32)28(12)26(33)22-17(35-3)11-18(36-4)23(29)24(22)38-28/h6-8,10-12,20,30-31H,9H2,1-5H3/t12-,20?,28+/m1/s1. The molecule has 0 fully saturated rings. The van der Waals surface area contributed by atoms with Gasteiger partial charge < -0.3 is 29.4 Å². The maximum Gasteiger partial charge on any atom is 0.336 e. The van der Waals surface area contributed by atoms with E-state index in [0.717, 1.165) is 0 Å². The summed E-state index contributed by atoms with van der Waals surface area (Å²) >= 11 is 6.54. The van der Waals surface area contributed by atoms with E-state index in [-0.39, 0.29) is 51.2 Å². The largest absolute Gasteiger partial charge is 0.508 e. The van der Waals surface area contributed by atoms with E-state index in [1.165, 1.54) is 39.5 Å². The summed E-state index contributed by atoms with van der Waals surface area (Å²) in [7, 11) is 4.06. The topological polar surface area (TPSA) is 120 Å². The molecule has 1 spiro atoms. The molecule has 0 bridgehead atoms. The van der Waals surface area contributed by atoms with Crippen molar-refractivity contribution in [1.82, 2.24) is 5.32 Å². The van der Waals surface area contributed by atoms with Crippen molar-refractivity contribution in [3.63, 3.8) is 0 Å². The summed E-state index contributed by atoms with van der Waals surface area (Å²) in [6, 6.07) is 7.76. The van der Waals surface area contributed by atoms with Crippen molar-refractivity contribution in [3.8, 4) is 23.0 Å². The number of nitrogens with one attached hydrogen (secondary N) is 1. The molecule has 0 radical (unpaired) electrons. The second-order valence-corrected chi connectivity index (χ2v) is 9.85. The molecule has 10 heteroatoms. The van der Waals surface area contributed by atoms with E-state index < -0.39 is 35.0 Å². The molecule has 2 aliphatic heterocycles. The normalized spacial score (nSPS) is 24.1. The minimum Gasteiger partial charge on any atom is -0.508 e. The number of carbonyl (C=O) groups excluding carboxylic acids is 3. The molecule has 198 valence electrons. The number of fused-ring (bicyclic) bond motifs is 1. The molecule has 2 aromatic rings. The fourth-order valence-electron chi connectivity index (χ4n) is 5.69. The highest BCUT2D eigenvalue weighted by Gasteiger charge is 2.63. The number of ether oxygens (including phenoxy) is 4. The van der Waals surface area contributed by atoms with Gasteiger partial charge in [0.15, 0.2) is 5.75 Å². The second kappa shape index (κ2) is 9.09. The number of dihydropyridines is 1. The lowest BCUT2D eigenvalue weighted by atomic mass is 9.65. The fourth-order valence-corrected chi connectivity index (χ4v) is 5.96. The first-order valence-electron chi connectivity index (χ1n) is 11.9. The number of hydrogen-bond acceptors (Lipinski definition) is 9. The van der Waals surface area contributed by atoms with Crippen molar-refractivity contribution in [2.24, 2.45) is 5.92 Å². The number of phenolic OH excluding ortho intramolecular Hbond substituents is 1. The van der Waals surface area contributed by atoms with E-state index in [2.05, 4.69) is 5.32 Å². The number of halogens is 1. The first-order chi connectivity index (χ1) is 18.1. The van der Waals surface area contributed by atoms with Crippen LogP contribution in [0.1, 0.15) is 42.1 Å². The van der Waals surface area contributed by atoms with Gasteiger partial charge in [0.25, 0.3) is 0 Å². The number of esters is 1. The molecule has 0 amide bonds. The molecule has 1 aliphatic carbocycles. The number of Topliss-reactive ketones (excluding diaryl/α,β-unsaturated/α-hetero) is 2. The third-order valence-electron chi connectivity index (χ3n) is 7.46. The molecular formula is C28H26ClNO8. The van der Waals surface area contributed by atoms with Gasteiger partial charge in [-0.3, -0.25) is 9.59 Å². The summed E-state index contributed by atoms with van der Waals surface area (Å²) in [5, 5.41) is 13.5. The van der Waals surface area contributed by atoms with Crippen LogP contribution < -0.4 is 19.5 Å². The second-order valence-electron chi connectivity index (χ2n) is 9.48. The first-order valence-corrected chi connectivity index (χ1v) is 12.3. The van der Waals surface area contributed by atoms with Gasteiger partial charge in [0.2, 0.25) is 17.2 Å². The average Bonchev–Trinajstić information content (AvgIpc) is 3.21. The molecule has 0 aromatic heterocycles. The Hall–Kier alpha value is -3.98. The van der Waals surface area contributed by atoms with Crippen LogP contribution in [0.25, 0.3) is 0 Å². The lowest BCUT2D eigenvalue weighted by molar-refractivity contribution is -0.136. The van der Waals surface area contributed by atoms with Crippen molar-refractivity contribution in [2.45, 2.75) is 31.8 Å². The Bertz CT molecular complexity index is 1480.